The largest absolute Gasteiger partial charge is 0.368 e. The van der Waals surface area contributed by atoms with Crippen LogP contribution in [0.1, 0.15) is 148 Å². The minimum absolute atomic E-state index is 0. The summed E-state index contributed by atoms with van der Waals surface area (Å²) in [5, 5.41) is 18.7. The number of likely N-dealkylation sites (tertiary alicyclic amines) is 2. The van der Waals surface area contributed by atoms with Crippen LogP contribution in [-0.2, 0) is 46.8 Å². The van der Waals surface area contributed by atoms with Crippen molar-refractivity contribution in [1.29, 1.82) is 5.26 Å². The van der Waals surface area contributed by atoms with Crippen LogP contribution in [0.4, 0.5) is 0 Å². The van der Waals surface area contributed by atoms with Crippen molar-refractivity contribution in [2.75, 3.05) is 11.5 Å². The monoisotopic (exact) mass is 1630 g/mol. The summed E-state index contributed by atoms with van der Waals surface area (Å²) >= 11 is 17.9. The van der Waals surface area contributed by atoms with Gasteiger partial charge in [-0.25, -0.2) is 8.42 Å². The minimum Gasteiger partial charge on any atom is -0.256 e. The molecule has 2 N–H and O–H groups in total. The number of halogens is 8. The van der Waals surface area contributed by atoms with Crippen molar-refractivity contribution < 1.29 is 74.7 Å². The SMILES string of the molecule is CC#N.[C-]#[N+]N=S(=O)(C[C@H](C(C)C)N1C(=O)[C@@](C)(CC(=O)O)C[C@H](c2cccc(Cl)c2)[C@H]1c1ccc(Cl)cc1)C(C)C.[C-]#[N+]N=S(=O)(C[C@H](C(C)C)N1C(=O)[C@@](C)(CC=C)C[C@H](c2cccc(Cl)c2)[C@H]1c1ccc(Cl)cc1)C(C)C.[Cl][Ru]([Cl])[Cl].[Na].[O-][I+3]([O-])([O-])O. The number of carbonyl (C=O) groups is 3. The average Bonchev–Trinajstić information content (AvgIpc) is 0.746. The number of nitrogens with zero attached hydrogens (tertiary/aromatic N) is 7. The van der Waals surface area contributed by atoms with Gasteiger partial charge >= 0.3 is 68.1 Å². The van der Waals surface area contributed by atoms with Gasteiger partial charge in [-0.05, 0) is 130 Å². The first-order chi connectivity index (χ1) is 41.2. The van der Waals surface area contributed by atoms with E-state index in [1.807, 2.05) is 126 Å². The van der Waals surface area contributed by atoms with Crippen LogP contribution >= 0.6 is 75.5 Å². The van der Waals surface area contributed by atoms with Crippen molar-refractivity contribution in [3.63, 3.8) is 0 Å². The van der Waals surface area contributed by atoms with Crippen molar-refractivity contribution in [2.45, 2.75) is 148 Å². The average molecular weight is 1630 g/mol. The molecule has 0 bridgehead atoms. The summed E-state index contributed by atoms with van der Waals surface area (Å²) in [4.78, 5) is 51.0. The molecule has 0 aromatic heterocycles. The van der Waals surface area contributed by atoms with Crippen LogP contribution in [0, 0.1) is 47.1 Å². The van der Waals surface area contributed by atoms with Crippen LogP contribution < -0.4 is 30.4 Å². The van der Waals surface area contributed by atoms with Gasteiger partial charge in [-0.1, -0.05) is 143 Å². The molecule has 0 aliphatic carbocycles. The smallest absolute Gasteiger partial charge is 0.256 e. The van der Waals surface area contributed by atoms with E-state index in [-0.39, 0.29) is 101 Å². The predicted octanol–water partition coefficient (Wildman–Crippen LogP) is 10.7. The Kier molecular flexibility index (Phi) is 37.1. The molecule has 4 aromatic carbocycles. The van der Waals surface area contributed by atoms with E-state index in [0.29, 0.717) is 32.9 Å². The summed E-state index contributed by atoms with van der Waals surface area (Å²) in [5.74, 6) is -1.92. The van der Waals surface area contributed by atoms with Crippen molar-refractivity contribution in [3.05, 3.63) is 175 Å². The van der Waals surface area contributed by atoms with Crippen molar-refractivity contribution in [3.8, 4) is 6.07 Å². The zero-order chi connectivity index (χ0) is 68.2. The van der Waals surface area contributed by atoms with Crippen LogP contribution in [0.3, 0.4) is 0 Å². The van der Waals surface area contributed by atoms with Gasteiger partial charge in [0, 0.05) is 94.4 Å². The number of aliphatic carboxylic acids is 1. The van der Waals surface area contributed by atoms with E-state index >= 15 is 0 Å². The fourth-order valence-corrected chi connectivity index (χ4v) is 15.2. The van der Waals surface area contributed by atoms with E-state index in [1.54, 1.807) is 56.0 Å². The number of carboxylic acids is 1. The number of piperidine rings is 2. The number of amides is 2. The van der Waals surface area contributed by atoms with Crippen LogP contribution in [-0.4, -0.2) is 108 Å². The molecule has 492 valence electrons. The number of allylic oxidation sites excluding steroid dienone is 1. The molecule has 2 heterocycles. The molecular formula is C61H76Cl7IN7NaO10RuS2. The first kappa shape index (κ1) is 85.6. The van der Waals surface area contributed by atoms with Crippen LogP contribution in [0.15, 0.2) is 119 Å². The zero-order valence-electron chi connectivity index (χ0n) is 52.0. The molecule has 29 heteroatoms. The minimum atomic E-state index is -5.69. The Morgan fingerprint density at radius 3 is 1.29 bits per heavy atom. The Bertz CT molecular complexity index is 3420. The second kappa shape index (κ2) is 39.0. The molecule has 0 saturated carbocycles. The molecule has 2 aliphatic rings. The van der Waals surface area contributed by atoms with Gasteiger partial charge < -0.3 is 14.9 Å². The quantitative estimate of drug-likeness (QED) is 0.0311. The summed E-state index contributed by atoms with van der Waals surface area (Å²) in [6.07, 6.45) is 2.81. The van der Waals surface area contributed by atoms with Gasteiger partial charge in [0.25, 0.3) is 0 Å². The van der Waals surface area contributed by atoms with Crippen molar-refractivity contribution >= 4 is 142 Å². The number of hydrogen-bond donors (Lipinski definition) is 2. The number of carbonyl (C=O) groups excluding carboxylic acids is 2. The van der Waals surface area contributed by atoms with E-state index in [4.69, 9.17) is 108 Å². The molecule has 10 atom stereocenters. The number of carboxylic acid groups (broad SMARTS) is 1. The van der Waals surface area contributed by atoms with Crippen LogP contribution in [0.5, 0.6) is 0 Å². The summed E-state index contributed by atoms with van der Waals surface area (Å²) in [5.41, 5.74) is 1.71. The maximum absolute atomic E-state index is 14.5. The maximum Gasteiger partial charge on any atom is 0.368 e. The second-order valence-corrected chi connectivity index (χ2v) is 40.5. The first-order valence-electron chi connectivity index (χ1n) is 27.5. The Balaban J connectivity index is 0.000000755. The van der Waals surface area contributed by atoms with Gasteiger partial charge in [0.1, 0.15) is 28.4 Å². The predicted molar refractivity (Wildman–Crippen MR) is 351 cm³/mol. The summed E-state index contributed by atoms with van der Waals surface area (Å²) in [6.45, 7) is 38.8. The standard InChI is InChI=1S/C30H37Cl2N3O2S.C29H35Cl2N3O4S.C2H3N.3ClH.HIO4.Na.Ru/c1-8-16-30(6)18-26(23-10-9-11-25(32)17-23)28(22-12-14-24(31)15-13-22)35(29(30)36)27(20(2)3)19-38(37,21(4)5)34-33-7;1-18(2)25(17-39(38,19(3)4)33-32-6)34-27(20-10-12-22(30)13-11-20)24(21-8-7-9-23(31)14-21)15-29(5,28(34)37)16-26(35)36;1-2-3;;;;2-1(3,4)5;;/h8-15,17,20-21,26-28H,1,16,18-19H2,2-6H3;7-14,18-19,24-25,27H,15-17H2,1-5H3,(H,35,36);1H3;3*1H;2H;;/q;;;;;;;;+3/p-3/t26-,27-,28-,30+,38?;24-,25-,27-,29-,39?;;;;;;;/m11......./s1. The van der Waals surface area contributed by atoms with Crippen LogP contribution in [0.25, 0.3) is 9.91 Å². The summed E-state index contributed by atoms with van der Waals surface area (Å²) in [7, 11) is 8.92. The molecular weight excluding hydrogens is 1550 g/mol. The molecule has 17 nitrogen and oxygen atoms in total. The Morgan fingerprint density at radius 2 is 1.02 bits per heavy atom. The van der Waals surface area contributed by atoms with Crippen molar-refractivity contribution in [1.82, 2.24) is 9.80 Å². The van der Waals surface area contributed by atoms with E-state index in [9.17, 15) is 27.9 Å². The van der Waals surface area contributed by atoms with E-state index in [2.05, 4.69) is 31.5 Å². The Labute approximate surface area is 598 Å². The number of nitriles is 1. The number of rotatable bonds is 18. The third kappa shape index (κ3) is 25.6. The normalized spacial score (nSPS) is 21.7. The van der Waals surface area contributed by atoms with Gasteiger partial charge in [0.2, 0.25) is 11.8 Å². The third-order valence-electron chi connectivity index (χ3n) is 15.2. The third-order valence-corrected chi connectivity index (χ3v) is 21.5. The van der Waals surface area contributed by atoms with Crippen LogP contribution in [0.2, 0.25) is 20.1 Å². The Morgan fingerprint density at radius 1 is 0.711 bits per heavy atom. The van der Waals surface area contributed by atoms with E-state index in [0.717, 1.165) is 22.3 Å². The fourth-order valence-electron chi connectivity index (χ4n) is 11.0. The molecule has 2 amide bonds. The van der Waals surface area contributed by atoms with Gasteiger partial charge in [0.15, 0.2) is 0 Å². The van der Waals surface area contributed by atoms with Gasteiger partial charge in [-0.2, -0.15) is 18.4 Å². The van der Waals surface area contributed by atoms with Gasteiger partial charge in [-0.15, -0.1) is 16.5 Å². The molecule has 1 radical (unpaired) electrons. The molecule has 2 aliphatic heterocycles. The van der Waals surface area contributed by atoms with Gasteiger partial charge in [-0.3, -0.25) is 24.7 Å². The zero-order valence-corrected chi connectivity index (χ0v) is 64.8. The van der Waals surface area contributed by atoms with E-state index in [1.165, 1.54) is 6.92 Å². The molecule has 2 saturated heterocycles. The van der Waals surface area contributed by atoms with E-state index < -0.39 is 92.7 Å². The fraction of sp³-hybridized carbons (Fsp3) is 0.475. The molecule has 0 spiro atoms. The molecule has 6 rings (SSSR count). The molecule has 90 heavy (non-hydrogen) atoms. The maximum atomic E-state index is 14.5. The second-order valence-electron chi connectivity index (χ2n) is 22.9. The number of hydrogen-bond acceptors (Lipinski definition) is 12. The van der Waals surface area contributed by atoms with Crippen molar-refractivity contribution in [2.24, 2.45) is 31.6 Å². The topological polar surface area (TPSA) is 259 Å². The molecule has 2 unspecified atom stereocenters. The molecule has 4 aromatic rings. The molecule has 2 fully saturated rings. The Hall–Kier alpha value is -2.38. The summed E-state index contributed by atoms with van der Waals surface area (Å²) < 4.78 is 68.8. The van der Waals surface area contributed by atoms with Gasteiger partial charge in [0.05, 0.1) is 46.9 Å². The first-order valence-corrected chi connectivity index (χ1v) is 42.9. The summed E-state index contributed by atoms with van der Waals surface area (Å²) in [6, 6.07) is 29.9. The number of benzene rings is 4.